The van der Waals surface area contributed by atoms with E-state index >= 15 is 0 Å². The summed E-state index contributed by atoms with van der Waals surface area (Å²) in [7, 11) is 3.40. The highest BCUT2D eigenvalue weighted by molar-refractivity contribution is 5.95. The number of carbonyl (C=O) groups is 3. The number of hydrogen-bond acceptors (Lipinski definition) is 9. The van der Waals surface area contributed by atoms with Crippen molar-refractivity contribution in [3.8, 4) is 28.1 Å². The van der Waals surface area contributed by atoms with Crippen molar-refractivity contribution in [2.75, 3.05) is 27.3 Å². The quantitative estimate of drug-likeness (QED) is 0.181. The number of fused-ring (bicyclic) bond motifs is 6. The number of nitrogens with one attached hydrogen (secondary N) is 3. The Kier molecular flexibility index (Phi) is 11.7. The molecule has 12 nitrogen and oxygen atoms in total. The van der Waals surface area contributed by atoms with Crippen molar-refractivity contribution in [1.82, 2.24) is 30.6 Å². The Labute approximate surface area is 317 Å². The monoisotopic (exact) mass is 738 g/mol. The average molecular weight is 739 g/mol. The molecule has 1 saturated heterocycles. The number of carbonyl (C=O) groups excluding carboxylic acids is 3. The number of ether oxygens (including phenoxy) is 2. The molecule has 0 aliphatic carbocycles. The van der Waals surface area contributed by atoms with Crippen molar-refractivity contribution in [3.05, 3.63) is 71.5 Å². The predicted molar refractivity (Wildman–Crippen MR) is 208 cm³/mol. The lowest BCUT2D eigenvalue weighted by molar-refractivity contribution is -0.155. The summed E-state index contributed by atoms with van der Waals surface area (Å²) in [6.07, 6.45) is 5.46. The van der Waals surface area contributed by atoms with E-state index in [0.29, 0.717) is 44.5 Å². The van der Waals surface area contributed by atoms with Gasteiger partial charge in [0.15, 0.2) is 0 Å². The maximum Gasteiger partial charge on any atom is 0.324 e. The van der Waals surface area contributed by atoms with E-state index in [-0.39, 0.29) is 36.5 Å². The van der Waals surface area contributed by atoms with E-state index in [9.17, 15) is 19.5 Å². The number of cyclic esters (lactones) is 1. The fourth-order valence-electron chi connectivity index (χ4n) is 7.96. The largest absolute Gasteiger partial charge is 0.508 e. The molecular formula is C42H54N6O6. The van der Waals surface area contributed by atoms with Crippen molar-refractivity contribution in [2.45, 2.75) is 91.6 Å². The van der Waals surface area contributed by atoms with Crippen LogP contribution in [-0.2, 0) is 49.9 Å². The second kappa shape index (κ2) is 16.3. The highest BCUT2D eigenvalue weighted by Gasteiger charge is 2.36. The van der Waals surface area contributed by atoms with E-state index in [4.69, 9.17) is 9.47 Å². The van der Waals surface area contributed by atoms with Gasteiger partial charge in [-0.1, -0.05) is 39.8 Å². The Bertz CT molecular complexity index is 2020. The van der Waals surface area contributed by atoms with E-state index in [0.717, 1.165) is 44.4 Å². The van der Waals surface area contributed by atoms with Crippen LogP contribution in [0.4, 0.5) is 0 Å². The number of aromatic nitrogens is 2. The highest BCUT2D eigenvalue weighted by atomic mass is 16.5. The minimum Gasteiger partial charge on any atom is -0.508 e. The molecule has 6 bridgehead atoms. The summed E-state index contributed by atoms with van der Waals surface area (Å²) in [6, 6.07) is 11.4. The Morgan fingerprint density at radius 1 is 1.15 bits per heavy atom. The third-order valence-electron chi connectivity index (χ3n) is 10.6. The number of phenols is 1. The number of aryl methyl sites for hydroxylation is 1. The second-order valence-electron chi connectivity index (χ2n) is 15.7. The number of methoxy groups -OCH3 is 1. The van der Waals surface area contributed by atoms with Crippen molar-refractivity contribution < 1.29 is 29.0 Å². The zero-order chi connectivity index (χ0) is 38.7. The van der Waals surface area contributed by atoms with Crippen molar-refractivity contribution in [1.29, 1.82) is 0 Å². The third kappa shape index (κ3) is 8.15. The topological polar surface area (TPSA) is 147 Å². The van der Waals surface area contributed by atoms with E-state index in [1.165, 1.54) is 5.01 Å². The molecule has 2 aliphatic heterocycles. The zero-order valence-corrected chi connectivity index (χ0v) is 32.5. The molecule has 2 aromatic carbocycles. The van der Waals surface area contributed by atoms with Gasteiger partial charge in [0, 0.05) is 60.9 Å². The number of rotatable bonds is 8. The molecule has 4 heterocycles. The van der Waals surface area contributed by atoms with Gasteiger partial charge in [0.1, 0.15) is 17.8 Å². The lowest BCUT2D eigenvalue weighted by atomic mass is 9.84. The normalized spacial score (nSPS) is 19.7. The van der Waals surface area contributed by atoms with Crippen LogP contribution in [0.5, 0.6) is 5.75 Å². The Balaban J connectivity index is 1.53. The van der Waals surface area contributed by atoms with Gasteiger partial charge in [-0.3, -0.25) is 24.4 Å². The van der Waals surface area contributed by atoms with Gasteiger partial charge in [0.2, 0.25) is 5.91 Å². The molecule has 2 aromatic heterocycles. The van der Waals surface area contributed by atoms with Crippen molar-refractivity contribution >= 4 is 28.7 Å². The molecule has 12 heteroatoms. The smallest absolute Gasteiger partial charge is 0.324 e. The number of likely N-dealkylation sites (N-methyl/N-ethyl adjacent to an activating group) is 1. The third-order valence-corrected chi connectivity index (χ3v) is 10.6. The van der Waals surface area contributed by atoms with Crippen LogP contribution in [0.3, 0.4) is 0 Å². The van der Waals surface area contributed by atoms with Gasteiger partial charge in [0.25, 0.3) is 5.91 Å². The zero-order valence-electron chi connectivity index (χ0n) is 32.5. The molecule has 0 spiro atoms. The maximum absolute atomic E-state index is 14.2. The molecular weight excluding hydrogens is 684 g/mol. The minimum atomic E-state index is -0.974. The number of aromatic hydroxyl groups is 1. The number of pyridine rings is 1. The van der Waals surface area contributed by atoms with E-state index in [1.807, 2.05) is 38.2 Å². The Morgan fingerprint density at radius 3 is 2.67 bits per heavy atom. The average Bonchev–Trinajstić information content (AvgIpc) is 3.44. The SMILES string of the molecule is CCn1c(-c2cnccc2COC)c2c3cc(ccc31)-c1cc(O)cc(c1)C[C@H](NC(=O)[C@@H](NC)C(C)C)C(=O)N1CCC[C@H](N1)C(=O)OCC(C)(C)C2. The van der Waals surface area contributed by atoms with Crippen LogP contribution in [-0.4, -0.2) is 82.9 Å². The maximum atomic E-state index is 14.2. The lowest BCUT2D eigenvalue weighted by Crippen LogP contribution is -2.61. The number of phenolic OH excluding ortho intramolecular Hbond substituents is 1. The summed E-state index contributed by atoms with van der Waals surface area (Å²) in [4.78, 5) is 46.0. The van der Waals surface area contributed by atoms with Gasteiger partial charge >= 0.3 is 5.97 Å². The molecule has 6 rings (SSSR count). The molecule has 1 fully saturated rings. The number of nitrogens with zero attached hydrogens (tertiary/aromatic N) is 3. The van der Waals surface area contributed by atoms with Gasteiger partial charge in [-0.2, -0.15) is 0 Å². The first-order chi connectivity index (χ1) is 25.8. The van der Waals surface area contributed by atoms with Crippen molar-refractivity contribution in [2.24, 2.45) is 11.3 Å². The van der Waals surface area contributed by atoms with Gasteiger partial charge in [-0.05, 0) is 97.3 Å². The molecule has 4 N–H and O–H groups in total. The fourth-order valence-corrected chi connectivity index (χ4v) is 7.96. The highest BCUT2D eigenvalue weighted by Crippen LogP contribution is 2.41. The summed E-state index contributed by atoms with van der Waals surface area (Å²) >= 11 is 0. The van der Waals surface area contributed by atoms with Crippen LogP contribution >= 0.6 is 0 Å². The number of hydrogen-bond donors (Lipinski definition) is 4. The van der Waals surface area contributed by atoms with Gasteiger partial charge < -0.3 is 29.8 Å². The van der Waals surface area contributed by atoms with E-state index in [1.54, 1.807) is 32.5 Å². The van der Waals surface area contributed by atoms with Gasteiger partial charge in [-0.25, -0.2) is 5.43 Å². The summed E-state index contributed by atoms with van der Waals surface area (Å²) in [6.45, 7) is 11.8. The number of esters is 1. The predicted octanol–water partition coefficient (Wildman–Crippen LogP) is 5.13. The molecule has 2 aliphatic rings. The number of benzene rings is 2. The molecule has 54 heavy (non-hydrogen) atoms. The van der Waals surface area contributed by atoms with Gasteiger partial charge in [-0.15, -0.1) is 0 Å². The Morgan fingerprint density at radius 2 is 1.94 bits per heavy atom. The molecule has 0 saturated carbocycles. The fraction of sp³-hybridized carbons (Fsp3) is 0.476. The molecule has 2 amide bonds. The standard InChI is InChI=1S/C42H54N6O6/c1-8-47-36-12-11-27-20-31(36)32(38(47)33-22-44-14-13-28(33)23-53-7)21-42(4,5)24-54-41(52)34-10-9-15-48(46-34)40(51)35(45-39(50)37(43-6)25(2)3)18-26-16-29(27)19-30(49)17-26/h11-14,16-17,19-20,22,25,34-35,37,43,46,49H,8-10,15,18,21,23-24H2,1-7H3,(H,45,50)/t34-,35-,37-/m0/s1. The van der Waals surface area contributed by atoms with Crippen LogP contribution in [0.15, 0.2) is 54.9 Å². The van der Waals surface area contributed by atoms with Crippen LogP contribution in [0.25, 0.3) is 33.3 Å². The molecule has 3 atom stereocenters. The molecule has 288 valence electrons. The van der Waals surface area contributed by atoms with E-state index in [2.05, 4.69) is 58.5 Å². The molecule has 0 radical (unpaired) electrons. The second-order valence-corrected chi connectivity index (χ2v) is 15.7. The summed E-state index contributed by atoms with van der Waals surface area (Å²) in [5.74, 6) is -1.08. The minimum absolute atomic E-state index is 0.0270. The summed E-state index contributed by atoms with van der Waals surface area (Å²) in [5.41, 5.74) is 10.2. The Hall–Kier alpha value is -4.78. The van der Waals surface area contributed by atoms with Crippen LogP contribution in [0.2, 0.25) is 0 Å². The van der Waals surface area contributed by atoms with Gasteiger partial charge in [0.05, 0.1) is 24.9 Å². The number of hydrazine groups is 1. The lowest BCUT2D eigenvalue weighted by Gasteiger charge is -2.36. The van der Waals surface area contributed by atoms with Crippen LogP contribution < -0.4 is 16.1 Å². The molecule has 0 unspecified atom stereocenters. The molecule has 4 aromatic rings. The summed E-state index contributed by atoms with van der Waals surface area (Å²) in [5, 5.41) is 19.6. The van der Waals surface area contributed by atoms with Crippen LogP contribution in [0, 0.1) is 11.3 Å². The first-order valence-electron chi connectivity index (χ1n) is 19.0. The first kappa shape index (κ1) is 38.9. The summed E-state index contributed by atoms with van der Waals surface area (Å²) < 4.78 is 14.0. The van der Waals surface area contributed by atoms with Crippen LogP contribution in [0.1, 0.15) is 64.2 Å². The number of amides is 2. The van der Waals surface area contributed by atoms with Crippen molar-refractivity contribution in [3.63, 3.8) is 0 Å². The first-order valence-corrected chi connectivity index (χ1v) is 19.0. The van der Waals surface area contributed by atoms with E-state index < -0.39 is 29.5 Å².